The maximum absolute atomic E-state index is 12.8. The number of nitrogens with zero attached hydrogens (tertiary/aromatic N) is 1. The average molecular weight is 324 g/mol. The van der Waals surface area contributed by atoms with Gasteiger partial charge in [0.15, 0.2) is 0 Å². The SMILES string of the molecule is COCCNC(=O)[C@]12CCO[C@H]1CCN(Cc1ccsc1)C2. The topological polar surface area (TPSA) is 50.8 Å². The van der Waals surface area contributed by atoms with Gasteiger partial charge in [0.1, 0.15) is 0 Å². The van der Waals surface area contributed by atoms with Crippen molar-refractivity contribution in [2.45, 2.75) is 25.5 Å². The minimum Gasteiger partial charge on any atom is -0.383 e. The molecule has 5 nitrogen and oxygen atoms in total. The summed E-state index contributed by atoms with van der Waals surface area (Å²) in [5, 5.41) is 7.31. The maximum Gasteiger partial charge on any atom is 0.230 e. The molecular weight excluding hydrogens is 300 g/mol. The Hall–Kier alpha value is -0.950. The molecule has 2 saturated heterocycles. The Balaban J connectivity index is 1.67. The Morgan fingerprint density at radius 2 is 2.55 bits per heavy atom. The zero-order valence-electron chi connectivity index (χ0n) is 13.0. The number of rotatable bonds is 6. The van der Waals surface area contributed by atoms with Crippen molar-refractivity contribution in [3.8, 4) is 0 Å². The Labute approximate surface area is 135 Å². The number of carbonyl (C=O) groups excluding carboxylic acids is 1. The molecular formula is C16H24N2O3S. The highest BCUT2D eigenvalue weighted by Gasteiger charge is 2.52. The zero-order valence-corrected chi connectivity index (χ0v) is 13.9. The molecule has 2 atom stereocenters. The first-order valence-electron chi connectivity index (χ1n) is 7.87. The van der Waals surface area contributed by atoms with Gasteiger partial charge in [-0.25, -0.2) is 0 Å². The van der Waals surface area contributed by atoms with Gasteiger partial charge in [0, 0.05) is 39.9 Å². The molecule has 3 rings (SSSR count). The monoisotopic (exact) mass is 324 g/mol. The van der Waals surface area contributed by atoms with Gasteiger partial charge in [0.25, 0.3) is 0 Å². The van der Waals surface area contributed by atoms with Gasteiger partial charge in [0.05, 0.1) is 18.1 Å². The van der Waals surface area contributed by atoms with Gasteiger partial charge in [-0.1, -0.05) is 0 Å². The van der Waals surface area contributed by atoms with E-state index in [9.17, 15) is 4.79 Å². The van der Waals surface area contributed by atoms with E-state index in [0.29, 0.717) is 19.8 Å². The molecule has 1 N–H and O–H groups in total. The van der Waals surface area contributed by atoms with Gasteiger partial charge < -0.3 is 14.8 Å². The largest absolute Gasteiger partial charge is 0.383 e. The summed E-state index contributed by atoms with van der Waals surface area (Å²) in [6.07, 6.45) is 1.81. The molecule has 0 radical (unpaired) electrons. The molecule has 0 saturated carbocycles. The minimum atomic E-state index is -0.387. The van der Waals surface area contributed by atoms with Crippen molar-refractivity contribution in [1.29, 1.82) is 0 Å². The number of methoxy groups -OCH3 is 1. The van der Waals surface area contributed by atoms with Gasteiger partial charge in [-0.2, -0.15) is 11.3 Å². The van der Waals surface area contributed by atoms with Crippen molar-refractivity contribution < 1.29 is 14.3 Å². The van der Waals surface area contributed by atoms with E-state index in [4.69, 9.17) is 9.47 Å². The van der Waals surface area contributed by atoms with Crippen LogP contribution < -0.4 is 5.32 Å². The molecule has 2 aliphatic rings. The molecule has 2 fully saturated rings. The third kappa shape index (κ3) is 3.20. The van der Waals surface area contributed by atoms with Crippen molar-refractivity contribution in [2.24, 2.45) is 5.41 Å². The highest BCUT2D eigenvalue weighted by Crippen LogP contribution is 2.41. The van der Waals surface area contributed by atoms with E-state index < -0.39 is 0 Å². The van der Waals surface area contributed by atoms with Crippen LogP contribution in [0.4, 0.5) is 0 Å². The number of likely N-dealkylation sites (tertiary alicyclic amines) is 1. The molecule has 2 aliphatic heterocycles. The summed E-state index contributed by atoms with van der Waals surface area (Å²) < 4.78 is 10.9. The van der Waals surface area contributed by atoms with Crippen LogP contribution in [0.1, 0.15) is 18.4 Å². The molecule has 0 spiro atoms. The van der Waals surface area contributed by atoms with Crippen LogP contribution in [-0.4, -0.2) is 56.9 Å². The Morgan fingerprint density at radius 3 is 3.32 bits per heavy atom. The molecule has 0 bridgehead atoms. The van der Waals surface area contributed by atoms with Crippen LogP contribution in [-0.2, 0) is 20.8 Å². The summed E-state index contributed by atoms with van der Waals surface area (Å²) >= 11 is 1.72. The number of nitrogens with one attached hydrogen (secondary N) is 1. The number of ether oxygens (including phenoxy) is 2. The predicted octanol–water partition coefficient (Wildman–Crippen LogP) is 1.49. The number of fused-ring (bicyclic) bond motifs is 1. The second-order valence-electron chi connectivity index (χ2n) is 6.15. The molecule has 6 heteroatoms. The number of hydrogen-bond acceptors (Lipinski definition) is 5. The molecule has 122 valence electrons. The summed E-state index contributed by atoms with van der Waals surface area (Å²) in [6.45, 7) is 4.50. The highest BCUT2D eigenvalue weighted by molar-refractivity contribution is 7.07. The van der Waals surface area contributed by atoms with E-state index in [1.54, 1.807) is 18.4 Å². The van der Waals surface area contributed by atoms with Crippen LogP contribution in [0.3, 0.4) is 0 Å². The average Bonchev–Trinajstić information content (AvgIpc) is 3.16. The fourth-order valence-electron chi connectivity index (χ4n) is 3.57. The Kier molecular flexibility index (Phi) is 5.13. The van der Waals surface area contributed by atoms with Gasteiger partial charge in [-0.3, -0.25) is 9.69 Å². The van der Waals surface area contributed by atoms with Crippen LogP contribution in [0.2, 0.25) is 0 Å². The molecule has 0 aromatic carbocycles. The lowest BCUT2D eigenvalue weighted by molar-refractivity contribution is -0.139. The molecule has 1 aromatic rings. The predicted molar refractivity (Wildman–Crippen MR) is 85.9 cm³/mol. The third-order valence-electron chi connectivity index (χ3n) is 4.73. The van der Waals surface area contributed by atoms with E-state index in [0.717, 1.165) is 32.5 Å². The van der Waals surface area contributed by atoms with Gasteiger partial charge in [0.2, 0.25) is 5.91 Å². The van der Waals surface area contributed by atoms with Crippen molar-refractivity contribution in [3.63, 3.8) is 0 Å². The van der Waals surface area contributed by atoms with Crippen LogP contribution in [0.15, 0.2) is 16.8 Å². The molecule has 0 aliphatic carbocycles. The first-order chi connectivity index (χ1) is 10.7. The second-order valence-corrected chi connectivity index (χ2v) is 6.93. The smallest absolute Gasteiger partial charge is 0.230 e. The maximum atomic E-state index is 12.8. The van der Waals surface area contributed by atoms with E-state index in [1.807, 2.05) is 0 Å². The van der Waals surface area contributed by atoms with Crippen molar-refractivity contribution in [2.75, 3.05) is 40.0 Å². The lowest BCUT2D eigenvalue weighted by atomic mass is 9.75. The molecule has 1 amide bonds. The molecule has 22 heavy (non-hydrogen) atoms. The third-order valence-corrected chi connectivity index (χ3v) is 5.46. The quantitative estimate of drug-likeness (QED) is 0.806. The van der Waals surface area contributed by atoms with Crippen molar-refractivity contribution in [3.05, 3.63) is 22.4 Å². The van der Waals surface area contributed by atoms with Crippen LogP contribution in [0.5, 0.6) is 0 Å². The fraction of sp³-hybridized carbons (Fsp3) is 0.688. The number of piperidine rings is 1. The molecule has 3 heterocycles. The van der Waals surface area contributed by atoms with E-state index in [1.165, 1.54) is 5.56 Å². The van der Waals surface area contributed by atoms with Gasteiger partial charge in [-0.05, 0) is 35.2 Å². The van der Waals surface area contributed by atoms with Crippen molar-refractivity contribution >= 4 is 17.2 Å². The Bertz CT molecular complexity index is 494. The van der Waals surface area contributed by atoms with E-state index >= 15 is 0 Å². The standard InChI is InChI=1S/C16H24N2O3S/c1-20-8-5-17-15(19)16-4-7-21-14(16)2-6-18(12-16)10-13-3-9-22-11-13/h3,9,11,14H,2,4-8,10,12H2,1H3,(H,17,19)/t14-,16-/m0/s1. The number of amides is 1. The first kappa shape index (κ1) is 15.9. The second kappa shape index (κ2) is 7.08. The lowest BCUT2D eigenvalue weighted by Crippen LogP contribution is -2.57. The minimum absolute atomic E-state index is 0.0637. The van der Waals surface area contributed by atoms with Gasteiger partial charge >= 0.3 is 0 Å². The number of carbonyl (C=O) groups is 1. The summed E-state index contributed by atoms with van der Waals surface area (Å²) in [5.41, 5.74) is 0.944. The Morgan fingerprint density at radius 1 is 1.64 bits per heavy atom. The van der Waals surface area contributed by atoms with Crippen LogP contribution in [0.25, 0.3) is 0 Å². The zero-order chi connectivity index (χ0) is 15.4. The fourth-order valence-corrected chi connectivity index (χ4v) is 4.23. The van der Waals surface area contributed by atoms with E-state index in [-0.39, 0.29) is 17.4 Å². The first-order valence-corrected chi connectivity index (χ1v) is 8.81. The van der Waals surface area contributed by atoms with Crippen molar-refractivity contribution in [1.82, 2.24) is 10.2 Å². The summed E-state index contributed by atoms with van der Waals surface area (Å²) in [7, 11) is 1.65. The normalized spacial score (nSPS) is 28.5. The molecule has 0 unspecified atom stereocenters. The summed E-state index contributed by atoms with van der Waals surface area (Å²) in [4.78, 5) is 15.1. The van der Waals surface area contributed by atoms with Crippen LogP contribution >= 0.6 is 11.3 Å². The highest BCUT2D eigenvalue weighted by atomic mass is 32.1. The number of hydrogen-bond donors (Lipinski definition) is 1. The van der Waals surface area contributed by atoms with Gasteiger partial charge in [-0.15, -0.1) is 0 Å². The summed E-state index contributed by atoms with van der Waals surface area (Å²) in [6, 6.07) is 2.16. The summed E-state index contributed by atoms with van der Waals surface area (Å²) in [5.74, 6) is 0.127. The number of thiophene rings is 1. The molecule has 1 aromatic heterocycles. The van der Waals surface area contributed by atoms with Crippen LogP contribution in [0, 0.1) is 5.41 Å². The van der Waals surface area contributed by atoms with E-state index in [2.05, 4.69) is 27.0 Å². The lowest BCUT2D eigenvalue weighted by Gasteiger charge is -2.42.